The van der Waals surface area contributed by atoms with Crippen molar-refractivity contribution in [1.29, 1.82) is 0 Å². The number of nitrogens with zero attached hydrogens (tertiary/aromatic N) is 2. The molecule has 0 aromatic carbocycles. The molecular formula is C15H15N3O2. The number of nitrogens with one attached hydrogen (secondary N) is 1. The molecule has 1 amide bonds. The predicted molar refractivity (Wildman–Crippen MR) is 75.8 cm³/mol. The quantitative estimate of drug-likeness (QED) is 0.864. The first-order chi connectivity index (χ1) is 9.61. The number of pyridine rings is 2. The van der Waals surface area contributed by atoms with Crippen molar-refractivity contribution in [2.24, 2.45) is 0 Å². The second-order valence-corrected chi connectivity index (χ2v) is 4.86. The highest BCUT2D eigenvalue weighted by Gasteiger charge is 2.27. The Hall–Kier alpha value is -2.43. The number of amides is 1. The van der Waals surface area contributed by atoms with Crippen molar-refractivity contribution >= 4 is 11.6 Å². The van der Waals surface area contributed by atoms with Crippen LogP contribution in [0.2, 0.25) is 0 Å². The molecule has 0 saturated carbocycles. The van der Waals surface area contributed by atoms with Gasteiger partial charge < -0.3 is 10.1 Å². The van der Waals surface area contributed by atoms with Crippen LogP contribution in [0.5, 0.6) is 5.88 Å². The lowest BCUT2D eigenvalue weighted by molar-refractivity contribution is -0.117. The average molecular weight is 269 g/mol. The Balaban J connectivity index is 2.32. The molecule has 1 aliphatic heterocycles. The van der Waals surface area contributed by atoms with Crippen LogP contribution in [0.15, 0.2) is 24.4 Å². The number of aryl methyl sites for hydroxylation is 1. The molecule has 3 rings (SSSR count). The van der Waals surface area contributed by atoms with Gasteiger partial charge in [0.05, 0.1) is 30.1 Å². The Kier molecular flexibility index (Phi) is 2.89. The summed E-state index contributed by atoms with van der Waals surface area (Å²) in [4.78, 5) is 21.1. The Labute approximate surface area is 117 Å². The van der Waals surface area contributed by atoms with E-state index in [0.717, 1.165) is 16.8 Å². The molecule has 3 heterocycles. The number of hydrogen-bond donors (Lipinski definition) is 1. The molecule has 1 atom stereocenters. The number of ether oxygens (including phenoxy) is 1. The molecule has 0 aliphatic carbocycles. The van der Waals surface area contributed by atoms with Crippen molar-refractivity contribution in [3.8, 4) is 17.1 Å². The second-order valence-electron chi connectivity index (χ2n) is 4.86. The summed E-state index contributed by atoms with van der Waals surface area (Å²) in [5.41, 5.74) is 3.89. The fraction of sp³-hybridized carbons (Fsp3) is 0.267. The molecule has 0 bridgehead atoms. The van der Waals surface area contributed by atoms with Gasteiger partial charge >= 0.3 is 0 Å². The first kappa shape index (κ1) is 12.6. The van der Waals surface area contributed by atoms with Gasteiger partial charge in [0.1, 0.15) is 0 Å². The monoisotopic (exact) mass is 269 g/mol. The number of fused-ring (bicyclic) bond motifs is 3. The number of hydrogen-bond acceptors (Lipinski definition) is 4. The summed E-state index contributed by atoms with van der Waals surface area (Å²) in [6, 6.07) is 5.66. The number of methoxy groups -OCH3 is 1. The van der Waals surface area contributed by atoms with E-state index < -0.39 is 0 Å². The zero-order valence-corrected chi connectivity index (χ0v) is 11.6. The zero-order chi connectivity index (χ0) is 14.3. The molecule has 0 fully saturated rings. The van der Waals surface area contributed by atoms with Crippen LogP contribution >= 0.6 is 0 Å². The van der Waals surface area contributed by atoms with E-state index in [1.807, 2.05) is 32.0 Å². The molecule has 2 aromatic heterocycles. The van der Waals surface area contributed by atoms with Crippen molar-refractivity contribution in [1.82, 2.24) is 9.97 Å². The smallest absolute Gasteiger partial charge is 0.233 e. The third-order valence-electron chi connectivity index (χ3n) is 3.51. The van der Waals surface area contributed by atoms with Crippen LogP contribution in [0, 0.1) is 6.92 Å². The molecule has 1 N–H and O–H groups in total. The van der Waals surface area contributed by atoms with Crippen LogP contribution in [0.3, 0.4) is 0 Å². The van der Waals surface area contributed by atoms with Gasteiger partial charge in [-0.15, -0.1) is 0 Å². The molecule has 2 aromatic rings. The number of aromatic nitrogens is 2. The second kappa shape index (κ2) is 4.59. The molecular weight excluding hydrogens is 254 g/mol. The van der Waals surface area contributed by atoms with Crippen molar-refractivity contribution in [3.63, 3.8) is 0 Å². The molecule has 20 heavy (non-hydrogen) atoms. The highest BCUT2D eigenvalue weighted by atomic mass is 16.5. The summed E-state index contributed by atoms with van der Waals surface area (Å²) in [6.07, 6.45) is 1.69. The summed E-state index contributed by atoms with van der Waals surface area (Å²) in [7, 11) is 1.59. The zero-order valence-electron chi connectivity index (χ0n) is 11.6. The fourth-order valence-corrected chi connectivity index (χ4v) is 2.43. The van der Waals surface area contributed by atoms with E-state index in [0.29, 0.717) is 17.3 Å². The van der Waals surface area contributed by atoms with Gasteiger partial charge in [0.25, 0.3) is 0 Å². The van der Waals surface area contributed by atoms with Gasteiger partial charge in [-0.1, -0.05) is 0 Å². The summed E-state index contributed by atoms with van der Waals surface area (Å²) in [5.74, 6) is 0.170. The molecule has 0 radical (unpaired) electrons. The molecule has 5 nitrogen and oxygen atoms in total. The lowest BCUT2D eigenvalue weighted by Crippen LogP contribution is -2.18. The standard InChI is InChI=1S/C15H15N3O2/c1-8-7-11-13(18-15(8)20-3)10-5-4-6-16-12(10)9(2)14(19)17-11/h4-7,9H,1-3H3,(H,17,19). The molecule has 0 spiro atoms. The first-order valence-corrected chi connectivity index (χ1v) is 6.43. The summed E-state index contributed by atoms with van der Waals surface area (Å²) >= 11 is 0. The van der Waals surface area contributed by atoms with Crippen LogP contribution in [0.4, 0.5) is 5.69 Å². The Bertz CT molecular complexity index is 698. The minimum absolute atomic E-state index is 0.0740. The van der Waals surface area contributed by atoms with Gasteiger partial charge in [-0.2, -0.15) is 0 Å². The number of carbonyl (C=O) groups is 1. The normalized spacial score (nSPS) is 16.8. The summed E-state index contributed by atoms with van der Waals surface area (Å²) in [5, 5.41) is 2.91. The van der Waals surface area contributed by atoms with E-state index in [1.165, 1.54) is 0 Å². The first-order valence-electron chi connectivity index (χ1n) is 6.43. The summed E-state index contributed by atoms with van der Waals surface area (Å²) < 4.78 is 5.28. The van der Waals surface area contributed by atoms with Crippen LogP contribution in [-0.2, 0) is 4.79 Å². The average Bonchev–Trinajstić information content (AvgIpc) is 2.55. The lowest BCUT2D eigenvalue weighted by Gasteiger charge is -2.11. The summed E-state index contributed by atoms with van der Waals surface area (Å²) in [6.45, 7) is 3.74. The van der Waals surface area contributed by atoms with Gasteiger partial charge in [-0.3, -0.25) is 9.78 Å². The van der Waals surface area contributed by atoms with E-state index in [9.17, 15) is 4.79 Å². The van der Waals surface area contributed by atoms with Crippen molar-refractivity contribution < 1.29 is 9.53 Å². The van der Waals surface area contributed by atoms with Crippen LogP contribution in [-0.4, -0.2) is 23.0 Å². The van der Waals surface area contributed by atoms with Crippen molar-refractivity contribution in [3.05, 3.63) is 35.7 Å². The Morgan fingerprint density at radius 3 is 2.95 bits per heavy atom. The van der Waals surface area contributed by atoms with Crippen molar-refractivity contribution in [2.45, 2.75) is 19.8 Å². The third kappa shape index (κ3) is 1.82. The van der Waals surface area contributed by atoms with Crippen LogP contribution < -0.4 is 10.1 Å². The van der Waals surface area contributed by atoms with E-state index in [1.54, 1.807) is 13.3 Å². The minimum atomic E-state index is -0.313. The predicted octanol–water partition coefficient (Wildman–Crippen LogP) is 2.52. The SMILES string of the molecule is COc1nc2c(cc1C)NC(=O)C(C)c1ncccc1-2. The topological polar surface area (TPSA) is 64.1 Å². The van der Waals surface area contributed by atoms with E-state index in [4.69, 9.17) is 4.74 Å². The largest absolute Gasteiger partial charge is 0.481 e. The number of rotatable bonds is 1. The molecule has 5 heteroatoms. The minimum Gasteiger partial charge on any atom is -0.481 e. The van der Waals surface area contributed by atoms with Gasteiger partial charge in [-0.05, 0) is 32.0 Å². The molecule has 0 saturated heterocycles. The van der Waals surface area contributed by atoms with Gasteiger partial charge in [0.15, 0.2) is 0 Å². The number of anilines is 1. The lowest BCUT2D eigenvalue weighted by atomic mass is 10.0. The van der Waals surface area contributed by atoms with Gasteiger partial charge in [0.2, 0.25) is 11.8 Å². The maximum Gasteiger partial charge on any atom is 0.233 e. The fourth-order valence-electron chi connectivity index (χ4n) is 2.43. The van der Waals surface area contributed by atoms with Crippen LogP contribution in [0.1, 0.15) is 24.1 Å². The highest BCUT2D eigenvalue weighted by Crippen LogP contribution is 2.37. The van der Waals surface area contributed by atoms with Gasteiger partial charge in [0, 0.05) is 17.3 Å². The van der Waals surface area contributed by atoms with E-state index in [-0.39, 0.29) is 11.8 Å². The number of carbonyl (C=O) groups excluding carboxylic acids is 1. The van der Waals surface area contributed by atoms with Crippen molar-refractivity contribution in [2.75, 3.05) is 12.4 Å². The van der Waals surface area contributed by atoms with Gasteiger partial charge in [-0.25, -0.2) is 4.98 Å². The van der Waals surface area contributed by atoms with Crippen LogP contribution in [0.25, 0.3) is 11.3 Å². The third-order valence-corrected chi connectivity index (χ3v) is 3.51. The highest BCUT2D eigenvalue weighted by molar-refractivity contribution is 6.02. The maximum absolute atomic E-state index is 12.2. The Morgan fingerprint density at radius 1 is 1.40 bits per heavy atom. The molecule has 1 aliphatic rings. The molecule has 102 valence electrons. The Morgan fingerprint density at radius 2 is 2.20 bits per heavy atom. The van der Waals surface area contributed by atoms with E-state index >= 15 is 0 Å². The van der Waals surface area contributed by atoms with E-state index in [2.05, 4.69) is 15.3 Å². The maximum atomic E-state index is 12.2. The molecule has 1 unspecified atom stereocenters.